The summed E-state index contributed by atoms with van der Waals surface area (Å²) < 4.78 is 5.05. The molecule has 2 N–H and O–H groups in total. The summed E-state index contributed by atoms with van der Waals surface area (Å²) in [5.74, 6) is -0.502. The summed E-state index contributed by atoms with van der Waals surface area (Å²) in [5.41, 5.74) is 6.51. The molecule has 0 bridgehead atoms. The fourth-order valence-corrected chi connectivity index (χ4v) is 1.39. The first-order chi connectivity index (χ1) is 9.09. The van der Waals surface area contributed by atoms with E-state index in [0.717, 1.165) is 11.8 Å². The standard InChI is InChI=1S/C13H16N2O4/c14-12(8-4-5-9-15(17)18)13(16)19-10-11-6-2-1-3-7-11/h1-3,5-7,9,12H,4,8,10,14H2/b9-5+/t12-/m1/s1. The zero-order chi connectivity index (χ0) is 14.1. The Balaban J connectivity index is 2.27. The zero-order valence-corrected chi connectivity index (χ0v) is 10.4. The third-order valence-corrected chi connectivity index (χ3v) is 2.40. The Morgan fingerprint density at radius 2 is 2.11 bits per heavy atom. The number of esters is 1. The molecule has 0 spiro atoms. The number of nitro groups is 1. The first-order valence-corrected chi connectivity index (χ1v) is 5.86. The van der Waals surface area contributed by atoms with Gasteiger partial charge in [-0.2, -0.15) is 0 Å². The molecule has 0 heterocycles. The molecule has 19 heavy (non-hydrogen) atoms. The van der Waals surface area contributed by atoms with Gasteiger partial charge >= 0.3 is 5.97 Å². The molecule has 0 aliphatic heterocycles. The van der Waals surface area contributed by atoms with E-state index < -0.39 is 16.9 Å². The fourth-order valence-electron chi connectivity index (χ4n) is 1.39. The number of nitrogens with two attached hydrogens (primary N) is 1. The number of allylic oxidation sites excluding steroid dienone is 1. The number of hydrogen-bond acceptors (Lipinski definition) is 5. The predicted octanol–water partition coefficient (Wildman–Crippen LogP) is 1.63. The summed E-state index contributed by atoms with van der Waals surface area (Å²) in [5, 5.41) is 10.0. The fraction of sp³-hybridized carbons (Fsp3) is 0.308. The highest BCUT2D eigenvalue weighted by molar-refractivity contribution is 5.75. The van der Waals surface area contributed by atoms with Crippen molar-refractivity contribution in [1.29, 1.82) is 0 Å². The van der Waals surface area contributed by atoms with Crippen LogP contribution in [0.25, 0.3) is 0 Å². The lowest BCUT2D eigenvalue weighted by atomic mass is 10.1. The van der Waals surface area contributed by atoms with Gasteiger partial charge in [0.15, 0.2) is 0 Å². The Labute approximate surface area is 111 Å². The largest absolute Gasteiger partial charge is 0.460 e. The normalized spacial score (nSPS) is 12.3. The lowest BCUT2D eigenvalue weighted by Gasteiger charge is -2.10. The van der Waals surface area contributed by atoms with Crippen LogP contribution < -0.4 is 5.73 Å². The van der Waals surface area contributed by atoms with Gasteiger partial charge in [-0.15, -0.1) is 0 Å². The van der Waals surface area contributed by atoms with Crippen LogP contribution in [0.3, 0.4) is 0 Å². The minimum absolute atomic E-state index is 0.179. The lowest BCUT2D eigenvalue weighted by Crippen LogP contribution is -2.31. The van der Waals surface area contributed by atoms with Crippen LogP contribution in [0.5, 0.6) is 0 Å². The average molecular weight is 264 g/mol. The average Bonchev–Trinajstić information content (AvgIpc) is 2.41. The Kier molecular flexibility index (Phi) is 6.25. The van der Waals surface area contributed by atoms with Gasteiger partial charge in [0.25, 0.3) is 0 Å². The number of benzene rings is 1. The Hall–Kier alpha value is -2.21. The summed E-state index contributed by atoms with van der Waals surface area (Å²) in [6.45, 7) is 0.179. The summed E-state index contributed by atoms with van der Waals surface area (Å²) in [6, 6.07) is 8.51. The van der Waals surface area contributed by atoms with E-state index in [1.807, 2.05) is 30.3 Å². The van der Waals surface area contributed by atoms with E-state index in [1.54, 1.807) is 0 Å². The van der Waals surface area contributed by atoms with Crippen molar-refractivity contribution >= 4 is 5.97 Å². The van der Waals surface area contributed by atoms with Crippen LogP contribution in [0, 0.1) is 10.1 Å². The third-order valence-electron chi connectivity index (χ3n) is 2.40. The molecule has 0 unspecified atom stereocenters. The highest BCUT2D eigenvalue weighted by atomic mass is 16.6. The van der Waals surface area contributed by atoms with Crippen LogP contribution in [0.4, 0.5) is 0 Å². The van der Waals surface area contributed by atoms with Gasteiger partial charge in [0, 0.05) is 0 Å². The van der Waals surface area contributed by atoms with E-state index in [2.05, 4.69) is 0 Å². The summed E-state index contributed by atoms with van der Waals surface area (Å²) in [6.07, 6.45) is 2.88. The molecule has 102 valence electrons. The first kappa shape index (κ1) is 14.8. The molecule has 6 nitrogen and oxygen atoms in total. The van der Waals surface area contributed by atoms with E-state index in [0.29, 0.717) is 12.8 Å². The molecule has 6 heteroatoms. The Bertz CT molecular complexity index is 445. The van der Waals surface area contributed by atoms with Gasteiger partial charge in [-0.05, 0) is 24.5 Å². The van der Waals surface area contributed by atoms with Crippen molar-refractivity contribution in [3.05, 3.63) is 58.3 Å². The second-order valence-corrected chi connectivity index (χ2v) is 3.95. The van der Waals surface area contributed by atoms with Crippen molar-refractivity contribution in [2.75, 3.05) is 0 Å². The van der Waals surface area contributed by atoms with E-state index >= 15 is 0 Å². The number of carbonyl (C=O) groups is 1. The summed E-state index contributed by atoms with van der Waals surface area (Å²) >= 11 is 0. The monoisotopic (exact) mass is 264 g/mol. The van der Waals surface area contributed by atoms with E-state index in [4.69, 9.17) is 10.5 Å². The van der Waals surface area contributed by atoms with Crippen molar-refractivity contribution < 1.29 is 14.5 Å². The van der Waals surface area contributed by atoms with Crippen molar-refractivity contribution in [2.45, 2.75) is 25.5 Å². The Morgan fingerprint density at radius 3 is 2.74 bits per heavy atom. The highest BCUT2D eigenvalue weighted by Crippen LogP contribution is 2.04. The van der Waals surface area contributed by atoms with Gasteiger partial charge in [-0.25, -0.2) is 0 Å². The van der Waals surface area contributed by atoms with Gasteiger partial charge in [0.05, 0.1) is 4.92 Å². The topological polar surface area (TPSA) is 95.5 Å². The maximum absolute atomic E-state index is 11.5. The number of ether oxygens (including phenoxy) is 1. The van der Waals surface area contributed by atoms with Crippen LogP contribution >= 0.6 is 0 Å². The van der Waals surface area contributed by atoms with Crippen LogP contribution in [-0.4, -0.2) is 16.9 Å². The van der Waals surface area contributed by atoms with Crippen LogP contribution in [-0.2, 0) is 16.1 Å². The summed E-state index contributed by atoms with van der Waals surface area (Å²) in [7, 11) is 0. The second kappa shape index (κ2) is 7.99. The minimum Gasteiger partial charge on any atom is -0.460 e. The van der Waals surface area contributed by atoms with E-state index in [1.165, 1.54) is 6.08 Å². The van der Waals surface area contributed by atoms with E-state index in [9.17, 15) is 14.9 Å². The van der Waals surface area contributed by atoms with E-state index in [-0.39, 0.29) is 6.61 Å². The SMILES string of the molecule is N[C@H](CC/C=C/[N+](=O)[O-])C(=O)OCc1ccccc1. The number of carbonyl (C=O) groups excluding carboxylic acids is 1. The quantitative estimate of drug-likeness (QED) is 0.458. The van der Waals surface area contributed by atoms with Crippen LogP contribution in [0.2, 0.25) is 0 Å². The second-order valence-electron chi connectivity index (χ2n) is 3.95. The smallest absolute Gasteiger partial charge is 0.323 e. The molecule has 1 aromatic rings. The highest BCUT2D eigenvalue weighted by Gasteiger charge is 2.14. The van der Waals surface area contributed by atoms with Gasteiger partial charge in [-0.3, -0.25) is 14.9 Å². The summed E-state index contributed by atoms with van der Waals surface area (Å²) in [4.78, 5) is 21.0. The molecular formula is C13H16N2O4. The number of rotatable bonds is 7. The minimum atomic E-state index is -0.764. The lowest BCUT2D eigenvalue weighted by molar-refractivity contribution is -0.402. The molecule has 0 aliphatic rings. The molecule has 1 rings (SSSR count). The molecule has 0 saturated carbocycles. The molecule has 0 aliphatic carbocycles. The molecule has 0 amide bonds. The third kappa shape index (κ3) is 6.32. The maximum atomic E-state index is 11.5. The van der Waals surface area contributed by atoms with Gasteiger partial charge in [0.2, 0.25) is 6.20 Å². The van der Waals surface area contributed by atoms with Crippen molar-refractivity contribution in [3.63, 3.8) is 0 Å². The van der Waals surface area contributed by atoms with Crippen molar-refractivity contribution in [2.24, 2.45) is 5.73 Å². The van der Waals surface area contributed by atoms with Crippen LogP contribution in [0.15, 0.2) is 42.6 Å². The molecule has 0 saturated heterocycles. The maximum Gasteiger partial charge on any atom is 0.323 e. The zero-order valence-electron chi connectivity index (χ0n) is 10.4. The van der Waals surface area contributed by atoms with Gasteiger partial charge < -0.3 is 10.5 Å². The Morgan fingerprint density at radius 1 is 1.42 bits per heavy atom. The molecule has 0 fully saturated rings. The van der Waals surface area contributed by atoms with Gasteiger partial charge in [-0.1, -0.05) is 30.3 Å². The van der Waals surface area contributed by atoms with Crippen molar-refractivity contribution in [1.82, 2.24) is 0 Å². The van der Waals surface area contributed by atoms with Crippen molar-refractivity contribution in [3.8, 4) is 0 Å². The van der Waals surface area contributed by atoms with Gasteiger partial charge in [0.1, 0.15) is 12.6 Å². The molecule has 1 aromatic carbocycles. The predicted molar refractivity (Wildman–Crippen MR) is 69.6 cm³/mol. The molecule has 1 atom stereocenters. The number of nitrogens with zero attached hydrogens (tertiary/aromatic N) is 1. The number of hydrogen-bond donors (Lipinski definition) is 1. The molecule has 0 aromatic heterocycles. The van der Waals surface area contributed by atoms with Crippen LogP contribution in [0.1, 0.15) is 18.4 Å². The molecule has 0 radical (unpaired) electrons. The first-order valence-electron chi connectivity index (χ1n) is 5.86. The molecular weight excluding hydrogens is 248 g/mol.